The lowest BCUT2D eigenvalue weighted by atomic mass is 10.0. The van der Waals surface area contributed by atoms with Crippen LogP contribution < -0.4 is 5.32 Å². The largest absolute Gasteiger partial charge is 0.349 e. The van der Waals surface area contributed by atoms with Gasteiger partial charge in [0.15, 0.2) is 0 Å². The third kappa shape index (κ3) is 3.01. The summed E-state index contributed by atoms with van der Waals surface area (Å²) in [5.74, 6) is -0.262. The van der Waals surface area contributed by atoms with Gasteiger partial charge >= 0.3 is 0 Å². The van der Waals surface area contributed by atoms with Crippen LogP contribution >= 0.6 is 0 Å². The lowest BCUT2D eigenvalue weighted by Crippen LogP contribution is -2.33. The minimum absolute atomic E-state index is 0.170. The Kier molecular flexibility index (Phi) is 4.20. The zero-order valence-electron chi connectivity index (χ0n) is 12.4. The summed E-state index contributed by atoms with van der Waals surface area (Å²) in [5.41, 5.74) is 1.07. The molecule has 0 bridgehead atoms. The molecule has 0 radical (unpaired) electrons. The summed E-state index contributed by atoms with van der Waals surface area (Å²) >= 11 is 0. The van der Waals surface area contributed by atoms with Crippen LogP contribution in [0.3, 0.4) is 0 Å². The second-order valence-electron chi connectivity index (χ2n) is 5.69. The zero-order valence-corrected chi connectivity index (χ0v) is 12.4. The van der Waals surface area contributed by atoms with Gasteiger partial charge in [0.05, 0.1) is 0 Å². The molecule has 1 amide bonds. The molecule has 1 fully saturated rings. The summed E-state index contributed by atoms with van der Waals surface area (Å²) in [6, 6.07) is 16.1. The van der Waals surface area contributed by atoms with Gasteiger partial charge in [0.2, 0.25) is 0 Å². The van der Waals surface area contributed by atoms with Gasteiger partial charge in [0, 0.05) is 6.04 Å². The first-order valence-corrected chi connectivity index (χ1v) is 7.68. The Morgan fingerprint density at radius 2 is 1.86 bits per heavy atom. The molecule has 22 heavy (non-hydrogen) atoms. The molecule has 0 atom stereocenters. The van der Waals surface area contributed by atoms with E-state index in [4.69, 9.17) is 0 Å². The van der Waals surface area contributed by atoms with Crippen LogP contribution in [0.25, 0.3) is 16.8 Å². The second kappa shape index (κ2) is 6.44. The molecule has 3 heteroatoms. The summed E-state index contributed by atoms with van der Waals surface area (Å²) in [6.45, 7) is 0. The number of nitrogens with zero attached hydrogens (tertiary/aromatic N) is 1. The van der Waals surface area contributed by atoms with E-state index < -0.39 is 0 Å². The maximum absolute atomic E-state index is 12.3. The molecule has 1 saturated carbocycles. The van der Waals surface area contributed by atoms with Gasteiger partial charge in [-0.1, -0.05) is 55.3 Å². The fourth-order valence-electron chi connectivity index (χ4n) is 3.01. The predicted molar refractivity (Wildman–Crippen MR) is 87.9 cm³/mol. The summed E-state index contributed by atoms with van der Waals surface area (Å²) in [5, 5.41) is 14.4. The highest BCUT2D eigenvalue weighted by molar-refractivity contribution is 6.04. The van der Waals surface area contributed by atoms with E-state index in [-0.39, 0.29) is 17.5 Å². The minimum atomic E-state index is -0.262. The Labute approximate surface area is 130 Å². The Balaban J connectivity index is 1.90. The van der Waals surface area contributed by atoms with Crippen LogP contribution in [0.1, 0.15) is 31.2 Å². The standard InChI is InChI=1S/C19H18N2O/c20-13-16(19(22)21-17-9-2-3-10-17)12-15-8-5-7-14-6-1-4-11-18(14)15/h1,4-8,11-12,17H,2-3,9-10H2,(H,21,22). The highest BCUT2D eigenvalue weighted by Gasteiger charge is 2.19. The van der Waals surface area contributed by atoms with Crippen molar-refractivity contribution in [1.29, 1.82) is 5.26 Å². The summed E-state index contributed by atoms with van der Waals surface area (Å²) in [4.78, 5) is 12.3. The van der Waals surface area contributed by atoms with Crippen LogP contribution in [0.2, 0.25) is 0 Å². The van der Waals surface area contributed by atoms with Crippen molar-refractivity contribution < 1.29 is 4.79 Å². The third-order valence-electron chi connectivity index (χ3n) is 4.18. The summed E-state index contributed by atoms with van der Waals surface area (Å²) < 4.78 is 0. The fraction of sp³-hybridized carbons (Fsp3) is 0.263. The Morgan fingerprint density at radius 1 is 1.14 bits per heavy atom. The van der Waals surface area contributed by atoms with E-state index in [0.29, 0.717) is 0 Å². The highest BCUT2D eigenvalue weighted by atomic mass is 16.1. The number of carbonyl (C=O) groups is 1. The van der Waals surface area contributed by atoms with Crippen molar-refractivity contribution in [3.05, 3.63) is 53.6 Å². The number of rotatable bonds is 3. The highest BCUT2D eigenvalue weighted by Crippen LogP contribution is 2.22. The molecule has 3 nitrogen and oxygen atoms in total. The molecule has 0 heterocycles. The van der Waals surface area contributed by atoms with Crippen molar-refractivity contribution >= 4 is 22.8 Å². The summed E-state index contributed by atoms with van der Waals surface area (Å²) in [6.07, 6.45) is 6.02. The SMILES string of the molecule is N#CC(=Cc1cccc2ccccc12)C(=O)NC1CCCC1. The number of carbonyl (C=O) groups excluding carboxylic acids is 1. The monoisotopic (exact) mass is 290 g/mol. The normalized spacial score (nSPS) is 15.7. The first-order valence-electron chi connectivity index (χ1n) is 7.68. The number of benzene rings is 2. The molecule has 1 aliphatic rings. The number of fused-ring (bicyclic) bond motifs is 1. The van der Waals surface area contributed by atoms with E-state index >= 15 is 0 Å². The van der Waals surface area contributed by atoms with Gasteiger partial charge in [0.1, 0.15) is 11.6 Å². The van der Waals surface area contributed by atoms with Gasteiger partial charge in [0.25, 0.3) is 5.91 Å². The number of nitrogens with one attached hydrogen (secondary N) is 1. The fourth-order valence-corrected chi connectivity index (χ4v) is 3.01. The third-order valence-corrected chi connectivity index (χ3v) is 4.18. The topological polar surface area (TPSA) is 52.9 Å². The van der Waals surface area contributed by atoms with Crippen LogP contribution in [0.15, 0.2) is 48.0 Å². The molecule has 2 aromatic carbocycles. The van der Waals surface area contributed by atoms with Crippen LogP contribution in [0.5, 0.6) is 0 Å². The van der Waals surface area contributed by atoms with E-state index in [1.165, 1.54) is 0 Å². The quantitative estimate of drug-likeness (QED) is 0.690. The first kappa shape index (κ1) is 14.3. The lowest BCUT2D eigenvalue weighted by molar-refractivity contribution is -0.117. The van der Waals surface area contributed by atoms with Crippen molar-refractivity contribution in [2.24, 2.45) is 0 Å². The second-order valence-corrected chi connectivity index (χ2v) is 5.69. The molecule has 3 rings (SSSR count). The smallest absolute Gasteiger partial charge is 0.262 e. The molecule has 1 aliphatic carbocycles. The van der Waals surface area contributed by atoms with E-state index in [0.717, 1.165) is 42.0 Å². The molecule has 0 aromatic heterocycles. The predicted octanol–water partition coefficient (Wildman–Crippen LogP) is 3.81. The number of hydrogen-bond acceptors (Lipinski definition) is 2. The van der Waals surface area contributed by atoms with Gasteiger partial charge in [-0.05, 0) is 35.3 Å². The maximum atomic E-state index is 12.3. The first-order chi connectivity index (χ1) is 10.8. The van der Waals surface area contributed by atoms with Crippen molar-refractivity contribution in [2.75, 3.05) is 0 Å². The molecule has 0 saturated heterocycles. The minimum Gasteiger partial charge on any atom is -0.349 e. The molecular formula is C19H18N2O. The van der Waals surface area contributed by atoms with Crippen LogP contribution in [-0.2, 0) is 4.79 Å². The molecule has 0 unspecified atom stereocenters. The van der Waals surface area contributed by atoms with Gasteiger partial charge in [-0.2, -0.15) is 5.26 Å². The zero-order chi connectivity index (χ0) is 15.4. The molecule has 0 spiro atoms. The van der Waals surface area contributed by atoms with Crippen LogP contribution in [0, 0.1) is 11.3 Å². The summed E-state index contributed by atoms with van der Waals surface area (Å²) in [7, 11) is 0. The van der Waals surface area contributed by atoms with E-state index in [1.54, 1.807) is 6.08 Å². The number of nitriles is 1. The maximum Gasteiger partial charge on any atom is 0.262 e. The molecule has 1 N–H and O–H groups in total. The van der Waals surface area contributed by atoms with Gasteiger partial charge in [-0.25, -0.2) is 0 Å². The lowest BCUT2D eigenvalue weighted by Gasteiger charge is -2.11. The molecular weight excluding hydrogens is 272 g/mol. The average molecular weight is 290 g/mol. The van der Waals surface area contributed by atoms with Crippen LogP contribution in [0.4, 0.5) is 0 Å². The van der Waals surface area contributed by atoms with Crippen molar-refractivity contribution in [2.45, 2.75) is 31.7 Å². The molecule has 0 aliphatic heterocycles. The van der Waals surface area contributed by atoms with Gasteiger partial charge in [-0.15, -0.1) is 0 Å². The van der Waals surface area contributed by atoms with Crippen molar-refractivity contribution in [3.63, 3.8) is 0 Å². The van der Waals surface area contributed by atoms with E-state index in [1.807, 2.05) is 48.5 Å². The van der Waals surface area contributed by atoms with Crippen LogP contribution in [-0.4, -0.2) is 11.9 Å². The molecule has 110 valence electrons. The van der Waals surface area contributed by atoms with Crippen molar-refractivity contribution in [1.82, 2.24) is 5.32 Å². The Morgan fingerprint density at radius 3 is 2.64 bits per heavy atom. The number of amides is 1. The van der Waals surface area contributed by atoms with E-state index in [2.05, 4.69) is 5.32 Å². The Bertz CT molecular complexity index is 759. The number of hydrogen-bond donors (Lipinski definition) is 1. The van der Waals surface area contributed by atoms with Gasteiger partial charge in [-0.3, -0.25) is 4.79 Å². The Hall–Kier alpha value is -2.60. The molecule has 2 aromatic rings. The van der Waals surface area contributed by atoms with Gasteiger partial charge < -0.3 is 5.32 Å². The average Bonchev–Trinajstić information content (AvgIpc) is 3.05. The van der Waals surface area contributed by atoms with E-state index in [9.17, 15) is 10.1 Å². The van der Waals surface area contributed by atoms with Crippen molar-refractivity contribution in [3.8, 4) is 6.07 Å².